The van der Waals surface area contributed by atoms with Crippen LogP contribution in [0.1, 0.15) is 58.3 Å². The molecule has 0 fully saturated rings. The van der Waals surface area contributed by atoms with Crippen LogP contribution in [0.25, 0.3) is 0 Å². The minimum Gasteiger partial charge on any atom is -0.390 e. The minimum atomic E-state index is -0.700. The zero-order valence-electron chi connectivity index (χ0n) is 18.3. The zero-order chi connectivity index (χ0) is 20.9. The van der Waals surface area contributed by atoms with Gasteiger partial charge in [-0.15, -0.1) is 0 Å². The molecule has 0 saturated heterocycles. The van der Waals surface area contributed by atoms with Crippen molar-refractivity contribution in [3.8, 4) is 0 Å². The third kappa shape index (κ3) is 5.57. The molecule has 0 radical (unpaired) electrons. The summed E-state index contributed by atoms with van der Waals surface area (Å²) in [7, 11) is 0. The standard InChI is InChI=1S/C26H34N2O/c1-19-7-5-8-20(2)24(19)12-15-26(29,14-11-23-17-27-18-28-23)16-13-25-21(3)9-6-10-22(25)4/h5-10,17-18,29H,11-16H2,1-4H3,(H,27,28). The summed E-state index contributed by atoms with van der Waals surface area (Å²) < 4.78 is 0. The van der Waals surface area contributed by atoms with Gasteiger partial charge in [0.25, 0.3) is 0 Å². The molecule has 3 nitrogen and oxygen atoms in total. The van der Waals surface area contributed by atoms with Gasteiger partial charge in [-0.1, -0.05) is 36.4 Å². The van der Waals surface area contributed by atoms with Gasteiger partial charge in [0.2, 0.25) is 0 Å². The van der Waals surface area contributed by atoms with E-state index in [0.717, 1.165) is 44.2 Å². The van der Waals surface area contributed by atoms with Gasteiger partial charge in [-0.25, -0.2) is 4.98 Å². The molecule has 0 amide bonds. The Morgan fingerprint density at radius 2 is 1.21 bits per heavy atom. The molecule has 0 saturated carbocycles. The largest absolute Gasteiger partial charge is 0.390 e. The molecule has 0 atom stereocenters. The fourth-order valence-corrected chi connectivity index (χ4v) is 4.37. The number of H-pyrrole nitrogens is 1. The molecule has 1 heterocycles. The Bertz CT molecular complexity index is 832. The van der Waals surface area contributed by atoms with Crippen LogP contribution in [0.3, 0.4) is 0 Å². The van der Waals surface area contributed by atoms with Crippen LogP contribution < -0.4 is 0 Å². The molecule has 0 aliphatic heterocycles. The first-order valence-corrected chi connectivity index (χ1v) is 10.7. The van der Waals surface area contributed by atoms with Crippen LogP contribution >= 0.6 is 0 Å². The Hall–Kier alpha value is -2.39. The van der Waals surface area contributed by atoms with E-state index in [4.69, 9.17) is 0 Å². The van der Waals surface area contributed by atoms with Gasteiger partial charge in [-0.2, -0.15) is 0 Å². The van der Waals surface area contributed by atoms with Gasteiger partial charge in [-0.05, 0) is 99.6 Å². The van der Waals surface area contributed by atoms with E-state index in [9.17, 15) is 5.11 Å². The maximum absolute atomic E-state index is 11.7. The number of benzene rings is 2. The summed E-state index contributed by atoms with van der Waals surface area (Å²) in [5, 5.41) is 11.7. The van der Waals surface area contributed by atoms with Gasteiger partial charge >= 0.3 is 0 Å². The highest BCUT2D eigenvalue weighted by Gasteiger charge is 2.27. The molecule has 0 aliphatic rings. The molecular weight excluding hydrogens is 356 g/mol. The fourth-order valence-electron chi connectivity index (χ4n) is 4.37. The molecule has 1 aromatic heterocycles. The first kappa shape index (κ1) is 21.3. The predicted octanol–water partition coefficient (Wildman–Crippen LogP) is 5.57. The molecule has 0 bridgehead atoms. The molecule has 154 valence electrons. The number of aryl methyl sites for hydroxylation is 5. The van der Waals surface area contributed by atoms with Gasteiger partial charge in [0.15, 0.2) is 0 Å². The topological polar surface area (TPSA) is 48.9 Å². The van der Waals surface area contributed by atoms with E-state index in [0.29, 0.717) is 0 Å². The number of rotatable bonds is 9. The van der Waals surface area contributed by atoms with Crippen LogP contribution in [0.2, 0.25) is 0 Å². The number of aromatic nitrogens is 2. The highest BCUT2D eigenvalue weighted by atomic mass is 16.3. The lowest BCUT2D eigenvalue weighted by Crippen LogP contribution is -2.31. The highest BCUT2D eigenvalue weighted by molar-refractivity contribution is 5.35. The van der Waals surface area contributed by atoms with Gasteiger partial charge in [0.1, 0.15) is 0 Å². The van der Waals surface area contributed by atoms with Crippen molar-refractivity contribution in [1.29, 1.82) is 0 Å². The normalized spacial score (nSPS) is 11.8. The SMILES string of the molecule is Cc1cccc(C)c1CCC(O)(CCc1cnc[nH]1)CCc1c(C)cccc1C. The molecule has 2 N–H and O–H groups in total. The molecular formula is C26H34N2O. The Balaban J connectivity index is 1.75. The monoisotopic (exact) mass is 390 g/mol. The average Bonchev–Trinajstić information content (AvgIpc) is 3.20. The summed E-state index contributed by atoms with van der Waals surface area (Å²) >= 11 is 0. The molecule has 2 aromatic carbocycles. The van der Waals surface area contributed by atoms with E-state index in [-0.39, 0.29) is 0 Å². The lowest BCUT2D eigenvalue weighted by Gasteiger charge is -2.29. The van der Waals surface area contributed by atoms with Crippen molar-refractivity contribution < 1.29 is 5.11 Å². The van der Waals surface area contributed by atoms with Crippen molar-refractivity contribution in [3.05, 3.63) is 88.0 Å². The van der Waals surface area contributed by atoms with Crippen molar-refractivity contribution in [1.82, 2.24) is 9.97 Å². The Morgan fingerprint density at radius 1 is 0.759 bits per heavy atom. The van der Waals surface area contributed by atoms with Crippen molar-refractivity contribution in [2.75, 3.05) is 0 Å². The number of aliphatic hydroxyl groups is 1. The quantitative estimate of drug-likeness (QED) is 0.501. The number of nitrogens with zero attached hydrogens (tertiary/aromatic N) is 1. The summed E-state index contributed by atoms with van der Waals surface area (Å²) in [4.78, 5) is 7.29. The van der Waals surface area contributed by atoms with E-state index in [2.05, 4.69) is 74.1 Å². The Labute approximate surface area is 175 Å². The average molecular weight is 391 g/mol. The van der Waals surface area contributed by atoms with Crippen LogP contribution in [0, 0.1) is 27.7 Å². The van der Waals surface area contributed by atoms with Gasteiger partial charge < -0.3 is 10.1 Å². The van der Waals surface area contributed by atoms with E-state index in [1.165, 1.54) is 33.4 Å². The number of nitrogens with one attached hydrogen (secondary N) is 1. The minimum absolute atomic E-state index is 0.700. The van der Waals surface area contributed by atoms with Crippen LogP contribution in [0.4, 0.5) is 0 Å². The zero-order valence-corrected chi connectivity index (χ0v) is 18.3. The Kier molecular flexibility index (Phi) is 6.92. The number of aromatic amines is 1. The fraction of sp³-hybridized carbons (Fsp3) is 0.423. The second-order valence-corrected chi connectivity index (χ2v) is 8.54. The van der Waals surface area contributed by atoms with Gasteiger partial charge in [-0.3, -0.25) is 0 Å². The molecule has 3 rings (SSSR count). The van der Waals surface area contributed by atoms with Crippen molar-refractivity contribution >= 4 is 0 Å². The lowest BCUT2D eigenvalue weighted by atomic mass is 9.82. The summed E-state index contributed by atoms with van der Waals surface area (Å²) in [6, 6.07) is 12.9. The second kappa shape index (κ2) is 9.41. The summed E-state index contributed by atoms with van der Waals surface area (Å²) in [5.41, 5.74) is 8.40. The van der Waals surface area contributed by atoms with Crippen LogP contribution in [0.15, 0.2) is 48.9 Å². The number of hydrogen-bond acceptors (Lipinski definition) is 2. The van der Waals surface area contributed by atoms with E-state index < -0.39 is 5.60 Å². The van der Waals surface area contributed by atoms with E-state index in [1.54, 1.807) is 6.33 Å². The van der Waals surface area contributed by atoms with E-state index in [1.807, 2.05) is 6.20 Å². The maximum atomic E-state index is 11.7. The summed E-state index contributed by atoms with van der Waals surface area (Å²) in [6.07, 6.45) is 8.49. The first-order valence-electron chi connectivity index (χ1n) is 10.7. The van der Waals surface area contributed by atoms with Gasteiger partial charge in [0, 0.05) is 11.9 Å². The van der Waals surface area contributed by atoms with Crippen LogP contribution in [0.5, 0.6) is 0 Å². The lowest BCUT2D eigenvalue weighted by molar-refractivity contribution is 0.0148. The molecule has 0 unspecified atom stereocenters. The van der Waals surface area contributed by atoms with Crippen molar-refractivity contribution in [3.63, 3.8) is 0 Å². The van der Waals surface area contributed by atoms with Crippen molar-refractivity contribution in [2.24, 2.45) is 0 Å². The second-order valence-electron chi connectivity index (χ2n) is 8.54. The van der Waals surface area contributed by atoms with Crippen LogP contribution in [-0.4, -0.2) is 20.7 Å². The first-order chi connectivity index (χ1) is 13.9. The highest BCUT2D eigenvalue weighted by Crippen LogP contribution is 2.29. The van der Waals surface area contributed by atoms with Crippen LogP contribution in [-0.2, 0) is 19.3 Å². The molecule has 3 heteroatoms. The Morgan fingerprint density at radius 3 is 1.62 bits per heavy atom. The smallest absolute Gasteiger partial charge is 0.0921 e. The van der Waals surface area contributed by atoms with E-state index >= 15 is 0 Å². The molecule has 0 spiro atoms. The summed E-state index contributed by atoms with van der Waals surface area (Å²) in [5.74, 6) is 0. The third-order valence-corrected chi connectivity index (χ3v) is 6.38. The van der Waals surface area contributed by atoms with Gasteiger partial charge in [0.05, 0.1) is 11.9 Å². The van der Waals surface area contributed by atoms with Crippen molar-refractivity contribution in [2.45, 2.75) is 71.8 Å². The number of imidazole rings is 1. The predicted molar refractivity (Wildman–Crippen MR) is 120 cm³/mol. The molecule has 3 aromatic rings. The third-order valence-electron chi connectivity index (χ3n) is 6.38. The maximum Gasteiger partial charge on any atom is 0.0921 e. The molecule has 29 heavy (non-hydrogen) atoms. The number of hydrogen-bond donors (Lipinski definition) is 2. The molecule has 0 aliphatic carbocycles. The summed E-state index contributed by atoms with van der Waals surface area (Å²) in [6.45, 7) is 8.68.